The maximum absolute atomic E-state index is 12.0. The van der Waals surface area contributed by atoms with Gasteiger partial charge in [-0.1, -0.05) is 44.5 Å². The number of aryl methyl sites for hydroxylation is 2. The topological polar surface area (TPSA) is 17.1 Å². The van der Waals surface area contributed by atoms with Gasteiger partial charge >= 0.3 is 0 Å². The number of hydrogen-bond acceptors (Lipinski definition) is 1. The van der Waals surface area contributed by atoms with Crippen LogP contribution < -0.4 is 0 Å². The molecule has 1 nitrogen and oxygen atoms in total. The molecule has 0 bridgehead atoms. The van der Waals surface area contributed by atoms with Crippen molar-refractivity contribution in [1.29, 1.82) is 0 Å². The van der Waals surface area contributed by atoms with Crippen LogP contribution in [0, 0.1) is 19.8 Å². The molecule has 1 aromatic carbocycles. The normalized spacial score (nSPS) is 12.9. The summed E-state index contributed by atoms with van der Waals surface area (Å²) >= 11 is 0. The first-order valence-electron chi connectivity index (χ1n) is 6.07. The van der Waals surface area contributed by atoms with Crippen molar-refractivity contribution in [3.63, 3.8) is 0 Å². The van der Waals surface area contributed by atoms with Crippen LogP contribution in [0.15, 0.2) is 18.2 Å². The summed E-state index contributed by atoms with van der Waals surface area (Å²) in [5.41, 5.74) is 3.67. The number of rotatable bonds is 4. The predicted molar refractivity (Wildman–Crippen MR) is 68.8 cm³/mol. The van der Waals surface area contributed by atoms with Crippen molar-refractivity contribution in [2.24, 2.45) is 5.92 Å². The van der Waals surface area contributed by atoms with Crippen LogP contribution in [0.1, 0.15) is 49.8 Å². The maximum atomic E-state index is 12.0. The van der Waals surface area contributed by atoms with Crippen molar-refractivity contribution >= 4 is 5.78 Å². The van der Waals surface area contributed by atoms with E-state index in [4.69, 9.17) is 0 Å². The van der Waals surface area contributed by atoms with Gasteiger partial charge in [0.25, 0.3) is 0 Å². The minimum Gasteiger partial charge on any atom is -0.299 e. The van der Waals surface area contributed by atoms with E-state index < -0.39 is 0 Å². The zero-order chi connectivity index (χ0) is 12.3. The average Bonchev–Trinajstić information content (AvgIpc) is 2.22. The van der Waals surface area contributed by atoms with Gasteiger partial charge < -0.3 is 0 Å². The molecule has 1 rings (SSSR count). The zero-order valence-electron chi connectivity index (χ0n) is 11.0. The van der Waals surface area contributed by atoms with Gasteiger partial charge in [-0.05, 0) is 30.9 Å². The summed E-state index contributed by atoms with van der Waals surface area (Å²) in [7, 11) is 0. The molecule has 0 amide bonds. The van der Waals surface area contributed by atoms with Crippen LogP contribution in [0.2, 0.25) is 0 Å². The van der Waals surface area contributed by atoms with E-state index in [1.54, 1.807) is 0 Å². The molecule has 0 aromatic heterocycles. The van der Waals surface area contributed by atoms with E-state index >= 15 is 0 Å². The highest BCUT2D eigenvalue weighted by Gasteiger charge is 2.23. The maximum Gasteiger partial charge on any atom is 0.140 e. The van der Waals surface area contributed by atoms with Crippen LogP contribution in [0.3, 0.4) is 0 Å². The smallest absolute Gasteiger partial charge is 0.140 e. The summed E-state index contributed by atoms with van der Waals surface area (Å²) < 4.78 is 0. The summed E-state index contributed by atoms with van der Waals surface area (Å²) in [6.45, 7) is 10.4. The van der Waals surface area contributed by atoms with Crippen molar-refractivity contribution in [3.05, 3.63) is 34.9 Å². The van der Waals surface area contributed by atoms with Gasteiger partial charge in [-0.25, -0.2) is 0 Å². The number of carbonyl (C=O) groups is 1. The number of carbonyl (C=O) groups excluding carboxylic acids is 1. The lowest BCUT2D eigenvalue weighted by Gasteiger charge is -2.22. The number of hydrogen-bond donors (Lipinski definition) is 0. The molecule has 0 aliphatic carbocycles. The third-order valence-electron chi connectivity index (χ3n) is 3.13. The molecule has 1 unspecified atom stereocenters. The highest BCUT2D eigenvalue weighted by Crippen LogP contribution is 2.29. The van der Waals surface area contributed by atoms with E-state index in [9.17, 15) is 4.79 Å². The first kappa shape index (κ1) is 13.0. The zero-order valence-corrected chi connectivity index (χ0v) is 11.0. The Morgan fingerprint density at radius 2 is 1.88 bits per heavy atom. The second-order valence-electron chi connectivity index (χ2n) is 4.90. The molecule has 0 saturated heterocycles. The van der Waals surface area contributed by atoms with Crippen LogP contribution in [-0.4, -0.2) is 5.78 Å². The molecule has 0 radical (unpaired) electrons. The number of benzene rings is 1. The van der Waals surface area contributed by atoms with Gasteiger partial charge in [-0.3, -0.25) is 4.79 Å². The number of Topliss-reactive ketones (excluding diaryl/α,β-unsaturated/α-hetero) is 1. The molecule has 0 N–H and O–H groups in total. The number of ketones is 1. The molecular formula is C15H22O. The summed E-state index contributed by atoms with van der Waals surface area (Å²) in [5, 5.41) is 0. The molecule has 1 atom stereocenters. The van der Waals surface area contributed by atoms with Crippen LogP contribution in [0.25, 0.3) is 0 Å². The third kappa shape index (κ3) is 2.72. The second kappa shape index (κ2) is 5.29. The van der Waals surface area contributed by atoms with Crippen LogP contribution in [-0.2, 0) is 4.79 Å². The fourth-order valence-corrected chi connectivity index (χ4v) is 2.22. The molecule has 0 spiro atoms. The van der Waals surface area contributed by atoms with Gasteiger partial charge in [0.15, 0.2) is 0 Å². The van der Waals surface area contributed by atoms with E-state index in [-0.39, 0.29) is 5.92 Å². The SMILES string of the molecule is CCC(=O)C(c1cc(C)ccc1C)C(C)C. The molecular weight excluding hydrogens is 196 g/mol. The first-order chi connectivity index (χ1) is 7.47. The molecule has 0 fully saturated rings. The van der Waals surface area contributed by atoms with Crippen molar-refractivity contribution < 1.29 is 4.79 Å². The van der Waals surface area contributed by atoms with E-state index in [1.807, 2.05) is 6.92 Å². The molecule has 1 aromatic rings. The van der Waals surface area contributed by atoms with Crippen LogP contribution in [0.5, 0.6) is 0 Å². The highest BCUT2D eigenvalue weighted by atomic mass is 16.1. The lowest BCUT2D eigenvalue weighted by atomic mass is 9.81. The van der Waals surface area contributed by atoms with Gasteiger partial charge in [0.05, 0.1) is 0 Å². The Morgan fingerprint density at radius 1 is 1.25 bits per heavy atom. The lowest BCUT2D eigenvalue weighted by molar-refractivity contribution is -0.121. The summed E-state index contributed by atoms with van der Waals surface area (Å²) in [6.07, 6.45) is 0.621. The molecule has 88 valence electrons. The minimum atomic E-state index is 0.0601. The van der Waals surface area contributed by atoms with Gasteiger partial charge in [-0.2, -0.15) is 0 Å². The monoisotopic (exact) mass is 218 g/mol. The fourth-order valence-electron chi connectivity index (χ4n) is 2.22. The van der Waals surface area contributed by atoms with E-state index in [0.717, 1.165) is 0 Å². The molecule has 0 aliphatic heterocycles. The molecule has 0 saturated carbocycles. The van der Waals surface area contributed by atoms with Gasteiger partial charge in [0.2, 0.25) is 0 Å². The van der Waals surface area contributed by atoms with E-state index in [2.05, 4.69) is 45.9 Å². The van der Waals surface area contributed by atoms with Crippen molar-refractivity contribution in [3.8, 4) is 0 Å². The van der Waals surface area contributed by atoms with E-state index in [0.29, 0.717) is 18.1 Å². The fraction of sp³-hybridized carbons (Fsp3) is 0.533. The van der Waals surface area contributed by atoms with Gasteiger partial charge in [0.1, 0.15) is 5.78 Å². The Morgan fingerprint density at radius 3 is 2.38 bits per heavy atom. The standard InChI is InChI=1S/C15H22O/c1-6-14(16)15(10(2)3)13-9-11(4)7-8-12(13)5/h7-10,15H,6H2,1-5H3. The van der Waals surface area contributed by atoms with Crippen molar-refractivity contribution in [2.45, 2.75) is 47.0 Å². The second-order valence-corrected chi connectivity index (χ2v) is 4.90. The minimum absolute atomic E-state index is 0.0601. The third-order valence-corrected chi connectivity index (χ3v) is 3.13. The first-order valence-corrected chi connectivity index (χ1v) is 6.07. The van der Waals surface area contributed by atoms with Gasteiger partial charge in [-0.15, -0.1) is 0 Å². The quantitative estimate of drug-likeness (QED) is 0.746. The van der Waals surface area contributed by atoms with Crippen LogP contribution >= 0.6 is 0 Å². The summed E-state index contributed by atoms with van der Waals surface area (Å²) in [5.74, 6) is 0.779. The Balaban J connectivity index is 3.20. The molecule has 16 heavy (non-hydrogen) atoms. The van der Waals surface area contributed by atoms with Crippen LogP contribution in [0.4, 0.5) is 0 Å². The van der Waals surface area contributed by atoms with Crippen molar-refractivity contribution in [1.82, 2.24) is 0 Å². The van der Waals surface area contributed by atoms with Gasteiger partial charge in [0, 0.05) is 12.3 Å². The summed E-state index contributed by atoms with van der Waals surface area (Å²) in [4.78, 5) is 12.0. The Kier molecular flexibility index (Phi) is 4.28. The molecule has 0 aliphatic rings. The van der Waals surface area contributed by atoms with E-state index in [1.165, 1.54) is 16.7 Å². The predicted octanol–water partition coefficient (Wildman–Crippen LogP) is 4.02. The summed E-state index contributed by atoms with van der Waals surface area (Å²) in [6, 6.07) is 6.38. The molecule has 0 heterocycles. The largest absolute Gasteiger partial charge is 0.299 e. The van der Waals surface area contributed by atoms with Crippen molar-refractivity contribution in [2.75, 3.05) is 0 Å². The Labute approximate surface area is 98.9 Å². The lowest BCUT2D eigenvalue weighted by Crippen LogP contribution is -2.18. The highest BCUT2D eigenvalue weighted by molar-refractivity contribution is 5.86. The Hall–Kier alpha value is -1.11. The average molecular weight is 218 g/mol. The molecule has 1 heteroatoms. The Bertz CT molecular complexity index is 377.